The molecule has 0 radical (unpaired) electrons. The van der Waals surface area contributed by atoms with Crippen LogP contribution in [0.1, 0.15) is 12.5 Å². The number of likely N-dealkylation sites (N-methyl/N-ethyl adjacent to an activating group) is 1. The Morgan fingerprint density at radius 1 is 1.44 bits per heavy atom. The smallest absolute Gasteiger partial charge is 0.241 e. The van der Waals surface area contributed by atoms with Gasteiger partial charge in [0, 0.05) is 0 Å². The number of anilines is 1. The second-order valence-electron chi connectivity index (χ2n) is 3.70. The maximum atomic E-state index is 11.7. The van der Waals surface area contributed by atoms with E-state index >= 15 is 0 Å². The Hall–Kier alpha value is -1.55. The van der Waals surface area contributed by atoms with Crippen LogP contribution in [-0.4, -0.2) is 26.1 Å². The van der Waals surface area contributed by atoms with E-state index in [2.05, 4.69) is 10.6 Å². The normalized spacial score (nSPS) is 12.0. The first-order valence-corrected chi connectivity index (χ1v) is 5.21. The topological polar surface area (TPSA) is 50.4 Å². The lowest BCUT2D eigenvalue weighted by atomic mass is 10.2. The molecule has 0 aliphatic carbocycles. The van der Waals surface area contributed by atoms with Gasteiger partial charge >= 0.3 is 0 Å². The number of methoxy groups -OCH3 is 1. The highest BCUT2D eigenvalue weighted by atomic mass is 16.5. The molecule has 0 saturated carbocycles. The van der Waals surface area contributed by atoms with Gasteiger partial charge in [0.25, 0.3) is 0 Å². The lowest BCUT2D eigenvalue weighted by molar-refractivity contribution is -0.117. The molecular weight excluding hydrogens is 204 g/mol. The van der Waals surface area contributed by atoms with Crippen molar-refractivity contribution in [3.05, 3.63) is 23.8 Å². The largest absolute Gasteiger partial charge is 0.495 e. The number of carbonyl (C=O) groups is 1. The van der Waals surface area contributed by atoms with Crippen LogP contribution in [0.3, 0.4) is 0 Å². The van der Waals surface area contributed by atoms with E-state index in [9.17, 15) is 4.79 Å². The zero-order valence-electron chi connectivity index (χ0n) is 10.1. The van der Waals surface area contributed by atoms with Crippen LogP contribution in [0.2, 0.25) is 0 Å². The Bertz CT molecular complexity index is 377. The van der Waals surface area contributed by atoms with E-state index in [-0.39, 0.29) is 11.9 Å². The summed E-state index contributed by atoms with van der Waals surface area (Å²) in [5, 5.41) is 5.71. The van der Waals surface area contributed by atoms with E-state index in [1.165, 1.54) is 0 Å². The van der Waals surface area contributed by atoms with Crippen molar-refractivity contribution in [3.8, 4) is 5.75 Å². The van der Waals surface area contributed by atoms with Crippen molar-refractivity contribution in [2.75, 3.05) is 19.5 Å². The summed E-state index contributed by atoms with van der Waals surface area (Å²) in [6.07, 6.45) is 0. The van der Waals surface area contributed by atoms with Crippen LogP contribution in [0.15, 0.2) is 18.2 Å². The molecule has 88 valence electrons. The van der Waals surface area contributed by atoms with Gasteiger partial charge in [-0.1, -0.05) is 6.07 Å². The number of aryl methyl sites for hydroxylation is 1. The third kappa shape index (κ3) is 2.97. The van der Waals surface area contributed by atoms with Gasteiger partial charge in [0.15, 0.2) is 0 Å². The van der Waals surface area contributed by atoms with Gasteiger partial charge in [-0.25, -0.2) is 0 Å². The lowest BCUT2D eigenvalue weighted by Crippen LogP contribution is -2.35. The van der Waals surface area contributed by atoms with Crippen molar-refractivity contribution < 1.29 is 9.53 Å². The van der Waals surface area contributed by atoms with Gasteiger partial charge in [0.05, 0.1) is 18.8 Å². The molecule has 1 rings (SSSR count). The van der Waals surface area contributed by atoms with Gasteiger partial charge in [-0.05, 0) is 38.6 Å². The standard InChI is InChI=1S/C12H18N2O2/c1-8-5-6-11(16-4)10(7-8)14-12(15)9(2)13-3/h5-7,9,13H,1-4H3,(H,14,15). The molecule has 1 aromatic carbocycles. The molecule has 1 amide bonds. The van der Waals surface area contributed by atoms with Crippen LogP contribution >= 0.6 is 0 Å². The number of nitrogens with one attached hydrogen (secondary N) is 2. The molecular formula is C12H18N2O2. The molecule has 4 heteroatoms. The molecule has 0 heterocycles. The van der Waals surface area contributed by atoms with E-state index in [0.717, 1.165) is 5.56 Å². The summed E-state index contributed by atoms with van der Waals surface area (Å²) >= 11 is 0. The highest BCUT2D eigenvalue weighted by molar-refractivity contribution is 5.95. The predicted octanol–water partition coefficient (Wildman–Crippen LogP) is 1.55. The first-order valence-electron chi connectivity index (χ1n) is 5.21. The Morgan fingerprint density at radius 3 is 2.69 bits per heavy atom. The maximum absolute atomic E-state index is 11.7. The predicted molar refractivity (Wildman–Crippen MR) is 64.9 cm³/mol. The van der Waals surface area contributed by atoms with Crippen molar-refractivity contribution in [1.29, 1.82) is 0 Å². The molecule has 2 N–H and O–H groups in total. The van der Waals surface area contributed by atoms with Crippen molar-refractivity contribution >= 4 is 11.6 Å². The van der Waals surface area contributed by atoms with Crippen molar-refractivity contribution in [2.45, 2.75) is 19.9 Å². The van der Waals surface area contributed by atoms with Crippen LogP contribution in [-0.2, 0) is 4.79 Å². The van der Waals surface area contributed by atoms with Gasteiger partial charge in [0.1, 0.15) is 5.75 Å². The van der Waals surface area contributed by atoms with E-state index in [1.54, 1.807) is 21.1 Å². The molecule has 0 fully saturated rings. The van der Waals surface area contributed by atoms with Crippen LogP contribution in [0.5, 0.6) is 5.75 Å². The zero-order valence-corrected chi connectivity index (χ0v) is 10.1. The fourth-order valence-electron chi connectivity index (χ4n) is 1.29. The molecule has 0 spiro atoms. The fourth-order valence-corrected chi connectivity index (χ4v) is 1.29. The molecule has 16 heavy (non-hydrogen) atoms. The highest BCUT2D eigenvalue weighted by Gasteiger charge is 2.12. The van der Waals surface area contributed by atoms with Gasteiger partial charge in [-0.3, -0.25) is 4.79 Å². The van der Waals surface area contributed by atoms with Crippen LogP contribution in [0, 0.1) is 6.92 Å². The summed E-state index contributed by atoms with van der Waals surface area (Å²) in [6, 6.07) is 5.44. The van der Waals surface area contributed by atoms with Crippen molar-refractivity contribution in [2.24, 2.45) is 0 Å². The number of benzene rings is 1. The molecule has 1 unspecified atom stereocenters. The summed E-state index contributed by atoms with van der Waals surface area (Å²) in [4.78, 5) is 11.7. The van der Waals surface area contributed by atoms with Crippen molar-refractivity contribution in [3.63, 3.8) is 0 Å². The minimum atomic E-state index is -0.231. The molecule has 0 aromatic heterocycles. The maximum Gasteiger partial charge on any atom is 0.241 e. The summed E-state index contributed by atoms with van der Waals surface area (Å²) in [5.41, 5.74) is 1.78. The Labute approximate surface area is 96.0 Å². The van der Waals surface area contributed by atoms with Crippen LogP contribution < -0.4 is 15.4 Å². The van der Waals surface area contributed by atoms with E-state index in [0.29, 0.717) is 11.4 Å². The third-order valence-corrected chi connectivity index (χ3v) is 2.44. The number of amides is 1. The average molecular weight is 222 g/mol. The number of ether oxygens (including phenoxy) is 1. The minimum Gasteiger partial charge on any atom is -0.495 e. The SMILES string of the molecule is CNC(C)C(=O)Nc1cc(C)ccc1OC. The summed E-state index contributed by atoms with van der Waals surface area (Å²) < 4.78 is 5.18. The molecule has 0 aliphatic heterocycles. The van der Waals surface area contributed by atoms with E-state index < -0.39 is 0 Å². The monoisotopic (exact) mass is 222 g/mol. The van der Waals surface area contributed by atoms with Gasteiger partial charge in [0.2, 0.25) is 5.91 Å². The number of hydrogen-bond acceptors (Lipinski definition) is 3. The van der Waals surface area contributed by atoms with E-state index in [1.807, 2.05) is 25.1 Å². The number of hydrogen-bond donors (Lipinski definition) is 2. The average Bonchev–Trinajstić information content (AvgIpc) is 2.28. The summed E-state index contributed by atoms with van der Waals surface area (Å²) in [7, 11) is 3.33. The Kier molecular flexibility index (Phi) is 4.31. The van der Waals surface area contributed by atoms with Crippen molar-refractivity contribution in [1.82, 2.24) is 5.32 Å². The number of carbonyl (C=O) groups excluding carboxylic acids is 1. The zero-order chi connectivity index (χ0) is 12.1. The minimum absolute atomic E-state index is 0.0774. The molecule has 0 aliphatic rings. The summed E-state index contributed by atoms with van der Waals surface area (Å²) in [6.45, 7) is 3.77. The Balaban J connectivity index is 2.87. The molecule has 4 nitrogen and oxygen atoms in total. The highest BCUT2D eigenvalue weighted by Crippen LogP contribution is 2.25. The number of rotatable bonds is 4. The first kappa shape index (κ1) is 12.5. The van der Waals surface area contributed by atoms with Gasteiger partial charge in [-0.15, -0.1) is 0 Å². The second-order valence-corrected chi connectivity index (χ2v) is 3.70. The molecule has 0 bridgehead atoms. The van der Waals surface area contributed by atoms with E-state index in [4.69, 9.17) is 4.74 Å². The third-order valence-electron chi connectivity index (χ3n) is 2.44. The molecule has 1 aromatic rings. The second kappa shape index (κ2) is 5.51. The van der Waals surface area contributed by atoms with Crippen LogP contribution in [0.25, 0.3) is 0 Å². The van der Waals surface area contributed by atoms with Gasteiger partial charge in [-0.2, -0.15) is 0 Å². The Morgan fingerprint density at radius 2 is 2.12 bits per heavy atom. The quantitative estimate of drug-likeness (QED) is 0.812. The molecule has 0 saturated heterocycles. The first-order chi connectivity index (χ1) is 7.58. The lowest BCUT2D eigenvalue weighted by Gasteiger charge is -2.14. The van der Waals surface area contributed by atoms with Crippen LogP contribution in [0.4, 0.5) is 5.69 Å². The molecule has 1 atom stereocenters. The summed E-state index contributed by atoms with van der Waals surface area (Å²) in [5.74, 6) is 0.591. The fraction of sp³-hybridized carbons (Fsp3) is 0.417. The van der Waals surface area contributed by atoms with Gasteiger partial charge < -0.3 is 15.4 Å².